The summed E-state index contributed by atoms with van der Waals surface area (Å²) >= 11 is 0. The third-order valence-corrected chi connectivity index (χ3v) is 4.24. The first-order chi connectivity index (χ1) is 11.3. The van der Waals surface area contributed by atoms with Crippen LogP contribution < -0.4 is 10.6 Å². The Morgan fingerprint density at radius 3 is 2.50 bits per heavy atom. The van der Waals surface area contributed by atoms with Gasteiger partial charge in [-0.2, -0.15) is 0 Å². The number of ether oxygens (including phenoxy) is 1. The van der Waals surface area contributed by atoms with Crippen molar-refractivity contribution in [1.82, 2.24) is 10.6 Å². The highest BCUT2D eigenvalue weighted by Gasteiger charge is 2.17. The summed E-state index contributed by atoms with van der Waals surface area (Å²) in [5.74, 6) is -0.885. The summed E-state index contributed by atoms with van der Waals surface area (Å²) < 4.78 is 16.8. The summed E-state index contributed by atoms with van der Waals surface area (Å²) in [5, 5.41) is 4.58. The van der Waals surface area contributed by atoms with E-state index in [2.05, 4.69) is 10.6 Å². The highest BCUT2D eigenvalue weighted by Crippen LogP contribution is 2.15. The van der Waals surface area contributed by atoms with Crippen LogP contribution >= 0.6 is 0 Å². The molecule has 0 heterocycles. The number of rotatable bonds is 7. The van der Waals surface area contributed by atoms with Crippen molar-refractivity contribution in [2.45, 2.75) is 25.7 Å². The predicted molar refractivity (Wildman–Crippen MR) is 90.1 cm³/mol. The van der Waals surface area contributed by atoms with E-state index in [-0.39, 0.29) is 11.5 Å². The molecule has 0 aliphatic rings. The second kappa shape index (κ2) is 9.82. The predicted octanol–water partition coefficient (Wildman–Crippen LogP) is 1.45. The first-order valence-corrected chi connectivity index (χ1v) is 8.89. The van der Waals surface area contributed by atoms with Crippen LogP contribution in [0.3, 0.4) is 0 Å². The largest absolute Gasteiger partial charge is 0.452 e. The molecular formula is C16H22N2O5S. The van der Waals surface area contributed by atoms with E-state index in [1.807, 2.05) is 13.8 Å². The van der Waals surface area contributed by atoms with Gasteiger partial charge in [-0.05, 0) is 18.1 Å². The minimum absolute atomic E-state index is 0.148. The fourth-order valence-corrected chi connectivity index (χ4v) is 2.64. The molecule has 24 heavy (non-hydrogen) atoms. The first-order valence-electron chi connectivity index (χ1n) is 7.57. The maximum atomic E-state index is 12.1. The van der Waals surface area contributed by atoms with E-state index in [0.717, 1.165) is 0 Å². The van der Waals surface area contributed by atoms with Gasteiger partial charge in [-0.1, -0.05) is 32.9 Å². The van der Waals surface area contributed by atoms with E-state index >= 15 is 0 Å². The molecule has 0 spiro atoms. The van der Waals surface area contributed by atoms with Crippen molar-refractivity contribution in [3.05, 3.63) is 29.8 Å². The van der Waals surface area contributed by atoms with Crippen molar-refractivity contribution in [2.24, 2.45) is 5.92 Å². The van der Waals surface area contributed by atoms with Crippen LogP contribution in [0.5, 0.6) is 0 Å². The highest BCUT2D eigenvalue weighted by atomic mass is 32.2. The SMILES string of the molecule is CC[S@](=O)c1ccccc1C(=O)OCC(=O)NC(=O)NCC(C)C. The molecule has 0 aliphatic carbocycles. The van der Waals surface area contributed by atoms with Gasteiger partial charge in [0, 0.05) is 12.3 Å². The lowest BCUT2D eigenvalue weighted by Crippen LogP contribution is -2.42. The molecule has 0 fully saturated rings. The molecule has 0 saturated heterocycles. The van der Waals surface area contributed by atoms with Gasteiger partial charge < -0.3 is 10.1 Å². The number of esters is 1. The van der Waals surface area contributed by atoms with Crippen LogP contribution in [0.2, 0.25) is 0 Å². The Bertz CT molecular complexity index is 631. The Labute approximate surface area is 143 Å². The summed E-state index contributed by atoms with van der Waals surface area (Å²) in [7, 11) is -1.32. The molecule has 1 aromatic carbocycles. The highest BCUT2D eigenvalue weighted by molar-refractivity contribution is 7.85. The van der Waals surface area contributed by atoms with E-state index < -0.39 is 35.3 Å². The molecule has 0 aromatic heterocycles. The molecule has 0 unspecified atom stereocenters. The Hall–Kier alpha value is -2.22. The molecule has 0 saturated carbocycles. The number of carbonyl (C=O) groups is 3. The van der Waals surface area contributed by atoms with Crippen LogP contribution in [0.4, 0.5) is 4.79 Å². The molecule has 1 aromatic rings. The average molecular weight is 354 g/mol. The van der Waals surface area contributed by atoms with Crippen LogP contribution in [-0.2, 0) is 20.3 Å². The van der Waals surface area contributed by atoms with E-state index in [0.29, 0.717) is 17.2 Å². The number of nitrogens with one attached hydrogen (secondary N) is 2. The second-order valence-corrected chi connectivity index (χ2v) is 7.07. The number of hydrogen-bond acceptors (Lipinski definition) is 5. The molecule has 7 nitrogen and oxygen atoms in total. The molecular weight excluding hydrogens is 332 g/mol. The first kappa shape index (κ1) is 19.8. The fourth-order valence-electron chi connectivity index (χ4n) is 1.70. The number of urea groups is 1. The molecule has 0 aliphatic heterocycles. The Kier molecular flexibility index (Phi) is 8.11. The van der Waals surface area contributed by atoms with Gasteiger partial charge in [-0.3, -0.25) is 14.3 Å². The maximum absolute atomic E-state index is 12.1. The summed E-state index contributed by atoms with van der Waals surface area (Å²) in [6, 6.07) is 5.71. The van der Waals surface area contributed by atoms with E-state index in [9.17, 15) is 18.6 Å². The van der Waals surface area contributed by atoms with Gasteiger partial charge in [0.1, 0.15) is 0 Å². The van der Waals surface area contributed by atoms with Gasteiger partial charge in [0.2, 0.25) is 0 Å². The van der Waals surface area contributed by atoms with Crippen molar-refractivity contribution in [2.75, 3.05) is 18.9 Å². The molecule has 0 radical (unpaired) electrons. The fraction of sp³-hybridized carbons (Fsp3) is 0.438. The topological polar surface area (TPSA) is 102 Å². The normalized spacial score (nSPS) is 11.7. The zero-order valence-corrected chi connectivity index (χ0v) is 14.8. The van der Waals surface area contributed by atoms with Crippen molar-refractivity contribution in [3.8, 4) is 0 Å². The Morgan fingerprint density at radius 1 is 1.21 bits per heavy atom. The Balaban J connectivity index is 2.56. The van der Waals surface area contributed by atoms with Gasteiger partial charge in [-0.15, -0.1) is 0 Å². The third kappa shape index (κ3) is 6.49. The zero-order chi connectivity index (χ0) is 18.1. The molecule has 2 N–H and O–H groups in total. The number of imide groups is 1. The van der Waals surface area contributed by atoms with Crippen molar-refractivity contribution in [3.63, 3.8) is 0 Å². The summed E-state index contributed by atoms with van der Waals surface area (Å²) in [6.45, 7) is 5.40. The lowest BCUT2D eigenvalue weighted by molar-refractivity contribution is -0.123. The molecule has 132 valence electrons. The minimum Gasteiger partial charge on any atom is -0.452 e. The Morgan fingerprint density at radius 2 is 1.88 bits per heavy atom. The molecule has 8 heteroatoms. The molecule has 1 rings (SSSR count). The van der Waals surface area contributed by atoms with Gasteiger partial charge >= 0.3 is 12.0 Å². The van der Waals surface area contributed by atoms with Crippen LogP contribution in [0.1, 0.15) is 31.1 Å². The lowest BCUT2D eigenvalue weighted by atomic mass is 10.2. The smallest absolute Gasteiger partial charge is 0.339 e. The molecule has 1 atom stereocenters. The summed E-state index contributed by atoms with van der Waals surface area (Å²) in [4.78, 5) is 35.4. The van der Waals surface area contributed by atoms with Gasteiger partial charge in [-0.25, -0.2) is 9.59 Å². The number of benzene rings is 1. The monoisotopic (exact) mass is 354 g/mol. The van der Waals surface area contributed by atoms with E-state index in [4.69, 9.17) is 4.74 Å². The van der Waals surface area contributed by atoms with Crippen molar-refractivity contribution < 1.29 is 23.3 Å². The average Bonchev–Trinajstić information content (AvgIpc) is 2.57. The van der Waals surface area contributed by atoms with E-state index in [1.165, 1.54) is 6.07 Å². The molecule has 3 amide bonds. The summed E-state index contributed by atoms with van der Waals surface area (Å²) in [5.41, 5.74) is 0.148. The summed E-state index contributed by atoms with van der Waals surface area (Å²) in [6.07, 6.45) is 0. The van der Waals surface area contributed by atoms with Crippen LogP contribution in [0.25, 0.3) is 0 Å². The maximum Gasteiger partial charge on any atom is 0.339 e. The van der Waals surface area contributed by atoms with Crippen molar-refractivity contribution in [1.29, 1.82) is 0 Å². The zero-order valence-electron chi connectivity index (χ0n) is 14.0. The van der Waals surface area contributed by atoms with Crippen LogP contribution in [0, 0.1) is 5.92 Å². The minimum atomic E-state index is -1.32. The van der Waals surface area contributed by atoms with Gasteiger partial charge in [0.15, 0.2) is 6.61 Å². The van der Waals surface area contributed by atoms with Gasteiger partial charge in [0.25, 0.3) is 5.91 Å². The number of carbonyl (C=O) groups excluding carboxylic acids is 3. The number of amides is 3. The lowest BCUT2D eigenvalue weighted by Gasteiger charge is -2.10. The third-order valence-electron chi connectivity index (χ3n) is 2.87. The standard InChI is InChI=1S/C16H22N2O5S/c1-4-24(22)13-8-6-5-7-12(13)15(20)23-10-14(19)18-16(21)17-9-11(2)3/h5-8,11H,4,9-10H2,1-3H3,(H2,17,18,19,21)/t24-/m0/s1. The van der Waals surface area contributed by atoms with Crippen LogP contribution in [0.15, 0.2) is 29.2 Å². The van der Waals surface area contributed by atoms with Crippen molar-refractivity contribution >= 4 is 28.7 Å². The van der Waals surface area contributed by atoms with E-state index in [1.54, 1.807) is 25.1 Å². The molecule has 0 bridgehead atoms. The second-order valence-electron chi connectivity index (χ2n) is 5.36. The number of hydrogen-bond donors (Lipinski definition) is 2. The quantitative estimate of drug-likeness (QED) is 0.722. The van der Waals surface area contributed by atoms with Crippen LogP contribution in [-0.4, -0.2) is 41.0 Å². The van der Waals surface area contributed by atoms with Gasteiger partial charge in [0.05, 0.1) is 21.3 Å².